The third-order valence-electron chi connectivity index (χ3n) is 3.43. The Morgan fingerprint density at radius 3 is 2.25 bits per heavy atom. The largest absolute Gasteiger partial charge is 0.398 e. The lowest BCUT2D eigenvalue weighted by atomic mass is 10.1. The number of rotatable bonds is 1. The molecule has 0 fully saturated rings. The lowest BCUT2D eigenvalue weighted by Crippen LogP contribution is -2.31. The summed E-state index contributed by atoms with van der Waals surface area (Å²) in [6, 6.07) is 15.6. The molecule has 20 heavy (non-hydrogen) atoms. The molecule has 0 unspecified atom stereocenters. The third kappa shape index (κ3) is 1.77. The maximum Gasteiger partial charge on any atom is 0.280 e. The molecule has 0 aliphatic rings. The predicted molar refractivity (Wildman–Crippen MR) is 79.3 cm³/mol. The van der Waals surface area contributed by atoms with Gasteiger partial charge in [0.05, 0.1) is 5.52 Å². The average Bonchev–Trinajstić information content (AvgIpc) is 2.58. The molecule has 4 nitrogen and oxygen atoms in total. The first-order chi connectivity index (χ1) is 9.74. The Morgan fingerprint density at radius 1 is 0.950 bits per heavy atom. The molecular weight excluding hydrogens is 252 g/mol. The van der Waals surface area contributed by atoms with Gasteiger partial charge in [-0.2, -0.15) is 0 Å². The number of hydrogen-bond acceptors (Lipinski definition) is 3. The molecule has 0 amide bonds. The molecule has 0 atom stereocenters. The fourth-order valence-corrected chi connectivity index (χ4v) is 2.48. The zero-order valence-corrected chi connectivity index (χ0v) is 11.3. The van der Waals surface area contributed by atoms with Gasteiger partial charge in [0.25, 0.3) is 5.56 Å². The van der Waals surface area contributed by atoms with E-state index in [0.29, 0.717) is 5.36 Å². The monoisotopic (exact) mass is 266 g/mol. The summed E-state index contributed by atoms with van der Waals surface area (Å²) in [6.07, 6.45) is 0. The SMILES string of the molecule is CON=c1c(=O)n(C)c2ccccc2c2ccccc12. The molecule has 1 heterocycles. The first-order valence-corrected chi connectivity index (χ1v) is 6.32. The molecule has 4 heteroatoms. The summed E-state index contributed by atoms with van der Waals surface area (Å²) in [4.78, 5) is 17.4. The number of aryl methyl sites for hydroxylation is 1. The van der Waals surface area contributed by atoms with E-state index in [1.54, 1.807) is 11.6 Å². The highest BCUT2D eigenvalue weighted by Crippen LogP contribution is 2.19. The van der Waals surface area contributed by atoms with Crippen LogP contribution in [0.4, 0.5) is 0 Å². The summed E-state index contributed by atoms with van der Waals surface area (Å²) in [5.74, 6) is 0. The second-order valence-electron chi connectivity index (χ2n) is 4.55. The van der Waals surface area contributed by atoms with Gasteiger partial charge in [0.1, 0.15) is 7.11 Å². The minimum absolute atomic E-state index is 0.177. The van der Waals surface area contributed by atoms with Crippen molar-refractivity contribution in [3.63, 3.8) is 0 Å². The van der Waals surface area contributed by atoms with E-state index < -0.39 is 0 Å². The van der Waals surface area contributed by atoms with E-state index >= 15 is 0 Å². The summed E-state index contributed by atoms with van der Waals surface area (Å²) in [5, 5.41) is 7.03. The first-order valence-electron chi connectivity index (χ1n) is 6.32. The van der Waals surface area contributed by atoms with Crippen molar-refractivity contribution < 1.29 is 4.84 Å². The molecule has 3 aromatic rings. The van der Waals surface area contributed by atoms with Gasteiger partial charge in [-0.3, -0.25) is 4.79 Å². The quantitative estimate of drug-likeness (QED) is 0.633. The molecule has 0 aliphatic heterocycles. The Hall–Kier alpha value is -2.62. The first kappa shape index (κ1) is 12.4. The topological polar surface area (TPSA) is 43.6 Å². The van der Waals surface area contributed by atoms with Gasteiger partial charge in [-0.05, 0) is 11.5 Å². The van der Waals surface area contributed by atoms with Crippen LogP contribution in [0.15, 0.2) is 58.5 Å². The Kier molecular flexibility index (Phi) is 2.99. The van der Waals surface area contributed by atoms with Crippen LogP contribution in [0.1, 0.15) is 0 Å². The molecule has 2 aromatic carbocycles. The van der Waals surface area contributed by atoms with E-state index in [0.717, 1.165) is 21.7 Å². The highest BCUT2D eigenvalue weighted by molar-refractivity contribution is 6.04. The molecule has 1 aromatic heterocycles. The average molecular weight is 266 g/mol. The normalized spacial score (nSPS) is 12.0. The summed E-state index contributed by atoms with van der Waals surface area (Å²) < 4.78 is 1.60. The Bertz CT molecular complexity index is 927. The lowest BCUT2D eigenvalue weighted by molar-refractivity contribution is 0.200. The molecule has 100 valence electrons. The van der Waals surface area contributed by atoms with Gasteiger partial charge in [-0.15, -0.1) is 0 Å². The van der Waals surface area contributed by atoms with Gasteiger partial charge in [0.15, 0.2) is 5.36 Å². The predicted octanol–water partition coefficient (Wildman–Crippen LogP) is 2.15. The summed E-state index contributed by atoms with van der Waals surface area (Å²) in [7, 11) is 3.19. The highest BCUT2D eigenvalue weighted by atomic mass is 16.6. The van der Waals surface area contributed by atoms with Crippen LogP contribution in [0.25, 0.3) is 21.7 Å². The maximum atomic E-state index is 12.6. The zero-order valence-electron chi connectivity index (χ0n) is 11.3. The van der Waals surface area contributed by atoms with E-state index in [1.165, 1.54) is 7.11 Å². The minimum Gasteiger partial charge on any atom is -0.398 e. The van der Waals surface area contributed by atoms with Crippen molar-refractivity contribution in [2.75, 3.05) is 7.11 Å². The van der Waals surface area contributed by atoms with Crippen LogP contribution >= 0.6 is 0 Å². The van der Waals surface area contributed by atoms with Gasteiger partial charge in [0, 0.05) is 17.8 Å². The minimum atomic E-state index is -0.177. The van der Waals surface area contributed by atoms with Gasteiger partial charge in [-0.25, -0.2) is 0 Å². The Balaban J connectivity index is 2.80. The van der Waals surface area contributed by atoms with E-state index in [9.17, 15) is 4.79 Å². The van der Waals surface area contributed by atoms with Crippen molar-refractivity contribution in [2.45, 2.75) is 0 Å². The fraction of sp³-hybridized carbons (Fsp3) is 0.125. The molecule has 0 saturated carbocycles. The molecular formula is C16H14N2O2. The van der Waals surface area contributed by atoms with Crippen LogP contribution in [0.5, 0.6) is 0 Å². The molecule has 0 saturated heterocycles. The number of aromatic nitrogens is 1. The standard InChI is InChI=1S/C16H14N2O2/c1-18-14-10-6-5-8-12(14)11-7-3-4-9-13(11)15(16(18)19)17-20-2/h3-10H,1-2H3. The van der Waals surface area contributed by atoms with Crippen LogP contribution in [-0.4, -0.2) is 11.7 Å². The Morgan fingerprint density at radius 2 is 1.55 bits per heavy atom. The zero-order chi connectivity index (χ0) is 14.1. The summed E-state index contributed by atoms with van der Waals surface area (Å²) in [5.41, 5.74) is 0.690. The lowest BCUT2D eigenvalue weighted by Gasteiger charge is -1.99. The number of hydrogen-bond donors (Lipinski definition) is 0. The maximum absolute atomic E-state index is 12.6. The van der Waals surface area contributed by atoms with Crippen molar-refractivity contribution in [1.82, 2.24) is 4.57 Å². The summed E-state index contributed by atoms with van der Waals surface area (Å²) >= 11 is 0. The van der Waals surface area contributed by atoms with Crippen molar-refractivity contribution in [3.05, 3.63) is 64.2 Å². The van der Waals surface area contributed by atoms with Gasteiger partial charge in [0.2, 0.25) is 0 Å². The van der Waals surface area contributed by atoms with Crippen LogP contribution < -0.4 is 10.9 Å². The second-order valence-corrected chi connectivity index (χ2v) is 4.55. The molecule has 0 N–H and O–H groups in total. The van der Waals surface area contributed by atoms with E-state index in [4.69, 9.17) is 4.84 Å². The van der Waals surface area contributed by atoms with E-state index in [-0.39, 0.29) is 5.56 Å². The Labute approximate surface area is 115 Å². The van der Waals surface area contributed by atoms with Crippen LogP contribution in [0.2, 0.25) is 0 Å². The second kappa shape index (κ2) is 4.81. The number of nitrogens with zero attached hydrogens (tertiary/aromatic N) is 2. The molecule has 0 spiro atoms. The highest BCUT2D eigenvalue weighted by Gasteiger charge is 2.07. The van der Waals surface area contributed by atoms with Gasteiger partial charge in [-0.1, -0.05) is 47.6 Å². The molecule has 0 bridgehead atoms. The van der Waals surface area contributed by atoms with Crippen LogP contribution in [0, 0.1) is 0 Å². The number of para-hydroxylation sites is 1. The van der Waals surface area contributed by atoms with Crippen molar-refractivity contribution in [3.8, 4) is 0 Å². The van der Waals surface area contributed by atoms with Crippen LogP contribution in [-0.2, 0) is 11.9 Å². The van der Waals surface area contributed by atoms with E-state index in [1.807, 2.05) is 48.5 Å². The molecule has 3 rings (SSSR count). The number of benzene rings is 2. The molecule has 0 radical (unpaired) electrons. The van der Waals surface area contributed by atoms with Crippen molar-refractivity contribution in [1.29, 1.82) is 0 Å². The molecule has 0 aliphatic carbocycles. The van der Waals surface area contributed by atoms with E-state index in [2.05, 4.69) is 5.16 Å². The smallest absolute Gasteiger partial charge is 0.280 e. The summed E-state index contributed by atoms with van der Waals surface area (Å²) in [6.45, 7) is 0. The van der Waals surface area contributed by atoms with Gasteiger partial charge < -0.3 is 9.40 Å². The van der Waals surface area contributed by atoms with Crippen LogP contribution in [0.3, 0.4) is 0 Å². The van der Waals surface area contributed by atoms with Crippen molar-refractivity contribution >= 4 is 21.7 Å². The third-order valence-corrected chi connectivity index (χ3v) is 3.43. The number of fused-ring (bicyclic) bond motifs is 3. The van der Waals surface area contributed by atoms with Gasteiger partial charge >= 0.3 is 0 Å². The van der Waals surface area contributed by atoms with Crippen molar-refractivity contribution in [2.24, 2.45) is 12.2 Å². The fourth-order valence-electron chi connectivity index (χ4n) is 2.48.